The molecule has 0 aliphatic heterocycles. The molecule has 0 heterocycles. The lowest BCUT2D eigenvalue weighted by atomic mass is 10.0. The van der Waals surface area contributed by atoms with E-state index < -0.39 is 16.1 Å². The molecule has 0 aliphatic carbocycles. The van der Waals surface area contributed by atoms with Gasteiger partial charge in [-0.3, -0.25) is 9.10 Å². The highest BCUT2D eigenvalue weighted by Gasteiger charge is 2.30. The van der Waals surface area contributed by atoms with Gasteiger partial charge in [-0.25, -0.2) is 8.42 Å². The standard InChI is InChI=1S/C20H26N2O4S/c1-5-19(16-11-13-18(26-3)14-12-16)21-20(23)15(2)22(27(4,24)25)17-9-7-6-8-10-17/h6-15,19H,5H2,1-4H3,(H,21,23)/t15-,19-/m0/s1. The zero-order valence-electron chi connectivity index (χ0n) is 16.0. The van der Waals surface area contributed by atoms with Gasteiger partial charge in [0.1, 0.15) is 11.8 Å². The maximum Gasteiger partial charge on any atom is 0.244 e. The van der Waals surface area contributed by atoms with Crippen LogP contribution < -0.4 is 14.4 Å². The number of sulfonamides is 1. The van der Waals surface area contributed by atoms with Crippen molar-refractivity contribution in [2.24, 2.45) is 0 Å². The second-order valence-corrected chi connectivity index (χ2v) is 8.17. The van der Waals surface area contributed by atoms with E-state index in [-0.39, 0.29) is 11.9 Å². The number of amides is 1. The Bertz CT molecular complexity index is 851. The Kier molecular flexibility index (Phi) is 6.85. The molecule has 146 valence electrons. The number of rotatable bonds is 8. The van der Waals surface area contributed by atoms with Gasteiger partial charge in [-0.05, 0) is 43.2 Å². The van der Waals surface area contributed by atoms with Crippen molar-refractivity contribution in [1.82, 2.24) is 5.32 Å². The third-order valence-electron chi connectivity index (χ3n) is 4.34. The molecule has 0 aromatic heterocycles. The number of nitrogens with zero attached hydrogens (tertiary/aromatic N) is 1. The number of methoxy groups -OCH3 is 1. The summed E-state index contributed by atoms with van der Waals surface area (Å²) in [6.45, 7) is 3.55. The van der Waals surface area contributed by atoms with E-state index in [4.69, 9.17) is 4.74 Å². The van der Waals surface area contributed by atoms with E-state index in [1.165, 1.54) is 0 Å². The molecule has 2 atom stereocenters. The van der Waals surface area contributed by atoms with Crippen LogP contribution in [0.1, 0.15) is 31.9 Å². The second-order valence-electron chi connectivity index (χ2n) is 6.31. The van der Waals surface area contributed by atoms with Gasteiger partial charge in [-0.15, -0.1) is 0 Å². The summed E-state index contributed by atoms with van der Waals surface area (Å²) in [5, 5.41) is 2.96. The van der Waals surface area contributed by atoms with Gasteiger partial charge in [0, 0.05) is 0 Å². The van der Waals surface area contributed by atoms with Crippen molar-refractivity contribution >= 4 is 21.6 Å². The summed E-state index contributed by atoms with van der Waals surface area (Å²) < 4.78 is 30.9. The highest BCUT2D eigenvalue weighted by Crippen LogP contribution is 2.23. The molecule has 2 aromatic rings. The van der Waals surface area contributed by atoms with Gasteiger partial charge >= 0.3 is 0 Å². The fraction of sp³-hybridized carbons (Fsp3) is 0.350. The number of hydrogen-bond acceptors (Lipinski definition) is 4. The van der Waals surface area contributed by atoms with E-state index in [1.54, 1.807) is 44.4 Å². The lowest BCUT2D eigenvalue weighted by Gasteiger charge is -2.29. The lowest BCUT2D eigenvalue weighted by molar-refractivity contribution is -0.122. The van der Waals surface area contributed by atoms with Gasteiger partial charge in [0.2, 0.25) is 15.9 Å². The number of benzene rings is 2. The van der Waals surface area contributed by atoms with Crippen LogP contribution in [-0.4, -0.2) is 33.7 Å². The normalized spacial score (nSPS) is 13.5. The maximum atomic E-state index is 12.8. The van der Waals surface area contributed by atoms with Crippen LogP contribution in [-0.2, 0) is 14.8 Å². The summed E-state index contributed by atoms with van der Waals surface area (Å²) in [7, 11) is -2.03. The first-order chi connectivity index (χ1) is 12.8. The van der Waals surface area contributed by atoms with Gasteiger partial charge in [0.05, 0.1) is 25.1 Å². The van der Waals surface area contributed by atoms with Gasteiger partial charge < -0.3 is 10.1 Å². The van der Waals surface area contributed by atoms with Crippen LogP contribution in [0.25, 0.3) is 0 Å². The SMILES string of the molecule is CC[C@H](NC(=O)[C@H](C)N(c1ccccc1)S(C)(=O)=O)c1ccc(OC)cc1. The van der Waals surface area contributed by atoms with Crippen molar-refractivity contribution in [3.05, 3.63) is 60.2 Å². The average molecular weight is 391 g/mol. The first kappa shape index (κ1) is 20.8. The topological polar surface area (TPSA) is 75.7 Å². The van der Waals surface area contributed by atoms with Crippen molar-refractivity contribution in [3.8, 4) is 5.75 Å². The minimum atomic E-state index is -3.62. The van der Waals surface area contributed by atoms with Crippen LogP contribution in [0.4, 0.5) is 5.69 Å². The molecule has 0 saturated heterocycles. The van der Waals surface area contributed by atoms with E-state index in [0.717, 1.165) is 21.9 Å². The number of carbonyl (C=O) groups is 1. The van der Waals surface area contributed by atoms with Crippen LogP contribution in [0.3, 0.4) is 0 Å². The fourth-order valence-electron chi connectivity index (χ4n) is 2.93. The summed E-state index contributed by atoms with van der Waals surface area (Å²) in [6.07, 6.45) is 1.78. The fourth-order valence-corrected chi connectivity index (χ4v) is 4.11. The Balaban J connectivity index is 2.22. The van der Waals surface area contributed by atoms with Crippen LogP contribution in [0.2, 0.25) is 0 Å². The number of anilines is 1. The lowest BCUT2D eigenvalue weighted by Crippen LogP contribution is -2.48. The number of nitrogens with one attached hydrogen (secondary N) is 1. The van der Waals surface area contributed by atoms with Crippen molar-refractivity contribution in [1.29, 1.82) is 0 Å². The van der Waals surface area contributed by atoms with Gasteiger partial charge in [0.25, 0.3) is 0 Å². The Morgan fingerprint density at radius 2 is 1.70 bits per heavy atom. The van der Waals surface area contributed by atoms with Crippen molar-refractivity contribution < 1.29 is 17.9 Å². The summed E-state index contributed by atoms with van der Waals surface area (Å²) in [5.41, 5.74) is 1.39. The van der Waals surface area contributed by atoms with Gasteiger partial charge in [-0.1, -0.05) is 37.3 Å². The Hall–Kier alpha value is -2.54. The molecule has 1 amide bonds. The van der Waals surface area contributed by atoms with Crippen LogP contribution in [0.15, 0.2) is 54.6 Å². The minimum Gasteiger partial charge on any atom is -0.497 e. The smallest absolute Gasteiger partial charge is 0.244 e. The maximum absolute atomic E-state index is 12.8. The third kappa shape index (κ3) is 5.23. The van der Waals surface area contributed by atoms with Crippen molar-refractivity contribution in [2.45, 2.75) is 32.4 Å². The number of ether oxygens (including phenoxy) is 1. The second kappa shape index (κ2) is 8.90. The van der Waals surface area contributed by atoms with Crippen LogP contribution in [0, 0.1) is 0 Å². The quantitative estimate of drug-likeness (QED) is 0.751. The molecule has 2 rings (SSSR count). The molecule has 0 spiro atoms. The molecule has 0 radical (unpaired) electrons. The Morgan fingerprint density at radius 1 is 1.11 bits per heavy atom. The molecule has 0 unspecified atom stereocenters. The molecule has 7 heteroatoms. The molecular formula is C20H26N2O4S. The largest absolute Gasteiger partial charge is 0.497 e. The first-order valence-corrected chi connectivity index (χ1v) is 10.6. The van der Waals surface area contributed by atoms with Crippen LogP contribution >= 0.6 is 0 Å². The number of carbonyl (C=O) groups excluding carboxylic acids is 1. The van der Waals surface area contributed by atoms with E-state index in [9.17, 15) is 13.2 Å². The average Bonchev–Trinajstić information content (AvgIpc) is 2.65. The minimum absolute atomic E-state index is 0.219. The molecular weight excluding hydrogens is 364 g/mol. The summed E-state index contributed by atoms with van der Waals surface area (Å²) >= 11 is 0. The summed E-state index contributed by atoms with van der Waals surface area (Å²) in [6, 6.07) is 15.0. The summed E-state index contributed by atoms with van der Waals surface area (Å²) in [5.74, 6) is 0.382. The highest BCUT2D eigenvalue weighted by atomic mass is 32.2. The zero-order chi connectivity index (χ0) is 20.0. The van der Waals surface area contributed by atoms with Crippen LogP contribution in [0.5, 0.6) is 5.75 Å². The van der Waals surface area contributed by atoms with E-state index in [1.807, 2.05) is 31.2 Å². The first-order valence-electron chi connectivity index (χ1n) is 8.76. The van der Waals surface area contributed by atoms with Gasteiger partial charge in [0.15, 0.2) is 0 Å². The van der Waals surface area contributed by atoms with E-state index in [0.29, 0.717) is 12.1 Å². The molecule has 27 heavy (non-hydrogen) atoms. The number of hydrogen-bond donors (Lipinski definition) is 1. The Labute approximate surface area is 161 Å². The predicted molar refractivity (Wildman–Crippen MR) is 107 cm³/mol. The molecule has 0 saturated carbocycles. The molecule has 2 aromatic carbocycles. The van der Waals surface area contributed by atoms with E-state index >= 15 is 0 Å². The predicted octanol–water partition coefficient (Wildman–Crippen LogP) is 3.12. The molecule has 0 fully saturated rings. The third-order valence-corrected chi connectivity index (χ3v) is 5.58. The van der Waals surface area contributed by atoms with Crippen molar-refractivity contribution in [3.63, 3.8) is 0 Å². The Morgan fingerprint density at radius 3 is 2.19 bits per heavy atom. The number of para-hydroxylation sites is 1. The summed E-state index contributed by atoms with van der Waals surface area (Å²) in [4.78, 5) is 12.8. The van der Waals surface area contributed by atoms with Crippen molar-refractivity contribution in [2.75, 3.05) is 17.7 Å². The molecule has 0 bridgehead atoms. The van der Waals surface area contributed by atoms with E-state index in [2.05, 4.69) is 5.32 Å². The molecule has 1 N–H and O–H groups in total. The monoisotopic (exact) mass is 390 g/mol. The zero-order valence-corrected chi connectivity index (χ0v) is 16.9. The highest BCUT2D eigenvalue weighted by molar-refractivity contribution is 7.92. The molecule has 0 aliphatic rings. The molecule has 6 nitrogen and oxygen atoms in total. The van der Waals surface area contributed by atoms with Gasteiger partial charge in [-0.2, -0.15) is 0 Å².